The summed E-state index contributed by atoms with van der Waals surface area (Å²) in [4.78, 5) is 11.6. The number of thiophene rings is 1. The minimum absolute atomic E-state index is 0.351. The molecule has 0 aromatic carbocycles. The van der Waals surface area contributed by atoms with E-state index >= 15 is 0 Å². The number of nitrogens with zero attached hydrogens (tertiary/aromatic N) is 1. The maximum Gasteiger partial charge on any atom is 0.336 e. The van der Waals surface area contributed by atoms with Gasteiger partial charge in [0.1, 0.15) is 0 Å². The van der Waals surface area contributed by atoms with Gasteiger partial charge in [0.2, 0.25) is 0 Å². The second kappa shape index (κ2) is 4.18. The summed E-state index contributed by atoms with van der Waals surface area (Å²) in [5, 5.41) is 10.4. The fraction of sp³-hybridized carbons (Fsp3) is 0.100. The minimum atomic E-state index is -0.876. The van der Waals surface area contributed by atoms with E-state index in [9.17, 15) is 4.79 Å². The molecular formula is C10H10N2O2S. The van der Waals surface area contributed by atoms with Crippen LogP contribution in [0.2, 0.25) is 0 Å². The van der Waals surface area contributed by atoms with Crippen molar-refractivity contribution in [2.24, 2.45) is 0 Å². The van der Waals surface area contributed by atoms with E-state index in [4.69, 9.17) is 5.11 Å². The van der Waals surface area contributed by atoms with E-state index in [-0.39, 0.29) is 0 Å². The molecule has 0 aliphatic rings. The molecule has 2 aromatic rings. The van der Waals surface area contributed by atoms with Crippen molar-refractivity contribution < 1.29 is 9.90 Å². The first-order chi connectivity index (χ1) is 7.25. The van der Waals surface area contributed by atoms with Gasteiger partial charge in [-0.25, -0.2) is 4.79 Å². The van der Waals surface area contributed by atoms with Crippen LogP contribution in [0, 0.1) is 0 Å². The molecule has 0 fully saturated rings. The largest absolute Gasteiger partial charge is 0.478 e. The van der Waals surface area contributed by atoms with E-state index in [0.717, 1.165) is 4.88 Å². The van der Waals surface area contributed by atoms with Crippen molar-refractivity contribution in [3.8, 4) is 0 Å². The second-order valence-corrected chi connectivity index (χ2v) is 4.03. The lowest BCUT2D eigenvalue weighted by molar-refractivity contribution is 0.0697. The number of carboxylic acids is 1. The van der Waals surface area contributed by atoms with E-state index in [1.807, 2.05) is 29.2 Å². The number of carbonyl (C=O) groups is 1. The predicted molar refractivity (Wildman–Crippen MR) is 58.8 cm³/mol. The molecule has 0 radical (unpaired) electrons. The van der Waals surface area contributed by atoms with Crippen LogP contribution in [-0.4, -0.2) is 15.8 Å². The van der Waals surface area contributed by atoms with Gasteiger partial charge in [0.05, 0.1) is 12.1 Å². The van der Waals surface area contributed by atoms with Crippen molar-refractivity contribution in [2.45, 2.75) is 6.54 Å². The molecule has 2 heterocycles. The summed E-state index contributed by atoms with van der Waals surface area (Å²) in [6.07, 6.45) is 3.79. The fourth-order valence-electron chi connectivity index (χ4n) is 1.19. The van der Waals surface area contributed by atoms with Crippen LogP contribution >= 0.6 is 11.3 Å². The summed E-state index contributed by atoms with van der Waals surface area (Å²) < 4.78 is 1.83. The Kier molecular flexibility index (Phi) is 2.73. The number of aromatic carboxylic acids is 1. The average molecular weight is 222 g/mol. The van der Waals surface area contributed by atoms with Crippen LogP contribution in [0.25, 0.3) is 0 Å². The van der Waals surface area contributed by atoms with Gasteiger partial charge >= 0.3 is 5.97 Å². The number of hydrogen-bond donors (Lipinski definition) is 2. The maximum absolute atomic E-state index is 10.6. The molecule has 0 saturated carbocycles. The predicted octanol–water partition coefficient (Wildman–Crippen LogP) is 1.99. The molecule has 0 aliphatic heterocycles. The molecule has 2 rings (SSSR count). The molecule has 4 nitrogen and oxygen atoms in total. The van der Waals surface area contributed by atoms with Gasteiger partial charge in [-0.2, -0.15) is 0 Å². The molecule has 0 saturated heterocycles. The third kappa shape index (κ3) is 2.38. The van der Waals surface area contributed by atoms with Crippen molar-refractivity contribution in [1.29, 1.82) is 0 Å². The van der Waals surface area contributed by atoms with Crippen LogP contribution in [0.3, 0.4) is 0 Å². The highest BCUT2D eigenvalue weighted by Crippen LogP contribution is 2.14. The van der Waals surface area contributed by atoms with Gasteiger partial charge in [0.15, 0.2) is 0 Å². The van der Waals surface area contributed by atoms with E-state index in [0.29, 0.717) is 12.1 Å². The highest BCUT2D eigenvalue weighted by molar-refractivity contribution is 7.10. The van der Waals surface area contributed by atoms with Crippen LogP contribution in [0.1, 0.15) is 15.2 Å². The standard InChI is InChI=1S/C10H10N2O2S/c13-10(14)8-5-9(15-7-8)6-11-12-3-1-2-4-12/h1-5,7,11H,6H2,(H,13,14). The highest BCUT2D eigenvalue weighted by Gasteiger charge is 2.05. The number of rotatable bonds is 4. The quantitative estimate of drug-likeness (QED) is 0.831. The van der Waals surface area contributed by atoms with Crippen molar-refractivity contribution in [2.75, 3.05) is 5.43 Å². The average Bonchev–Trinajstić information content (AvgIpc) is 2.86. The topological polar surface area (TPSA) is 54.3 Å². The SMILES string of the molecule is O=C(O)c1csc(CNn2cccc2)c1. The Balaban J connectivity index is 1.96. The van der Waals surface area contributed by atoms with E-state index in [2.05, 4.69) is 5.43 Å². The Morgan fingerprint density at radius 1 is 1.47 bits per heavy atom. The number of hydrogen-bond acceptors (Lipinski definition) is 3. The lowest BCUT2D eigenvalue weighted by Crippen LogP contribution is -2.10. The molecule has 0 aliphatic carbocycles. The first-order valence-corrected chi connectivity index (χ1v) is 5.31. The monoisotopic (exact) mass is 222 g/mol. The van der Waals surface area contributed by atoms with Gasteiger partial charge in [-0.1, -0.05) is 0 Å². The Morgan fingerprint density at radius 3 is 2.80 bits per heavy atom. The van der Waals surface area contributed by atoms with Gasteiger partial charge in [-0.05, 0) is 18.2 Å². The molecule has 0 spiro atoms. The van der Waals surface area contributed by atoms with Gasteiger partial charge in [-0.15, -0.1) is 11.3 Å². The number of nitrogens with one attached hydrogen (secondary N) is 1. The van der Waals surface area contributed by atoms with Gasteiger partial charge < -0.3 is 10.5 Å². The second-order valence-electron chi connectivity index (χ2n) is 3.03. The summed E-state index contributed by atoms with van der Waals surface area (Å²) in [5.41, 5.74) is 3.48. The van der Waals surface area contributed by atoms with E-state index < -0.39 is 5.97 Å². The van der Waals surface area contributed by atoms with Crippen molar-refractivity contribution in [1.82, 2.24) is 4.68 Å². The Bertz CT molecular complexity index is 448. The molecular weight excluding hydrogens is 212 g/mol. The zero-order valence-electron chi connectivity index (χ0n) is 7.88. The molecule has 2 aromatic heterocycles. The zero-order chi connectivity index (χ0) is 10.7. The molecule has 0 bridgehead atoms. The normalized spacial score (nSPS) is 10.1. The van der Waals surface area contributed by atoms with Crippen molar-refractivity contribution >= 4 is 17.3 Å². The van der Waals surface area contributed by atoms with Crippen LogP contribution in [-0.2, 0) is 6.54 Å². The molecule has 15 heavy (non-hydrogen) atoms. The van der Waals surface area contributed by atoms with Gasteiger partial charge in [0, 0.05) is 22.7 Å². The lowest BCUT2D eigenvalue weighted by atomic mass is 10.3. The number of carboxylic acid groups (broad SMARTS) is 1. The van der Waals surface area contributed by atoms with Crippen molar-refractivity contribution in [3.63, 3.8) is 0 Å². The van der Waals surface area contributed by atoms with E-state index in [1.165, 1.54) is 11.3 Å². The summed E-state index contributed by atoms with van der Waals surface area (Å²) in [6.45, 7) is 0.632. The summed E-state index contributed by atoms with van der Waals surface area (Å²) in [7, 11) is 0. The molecule has 5 heteroatoms. The molecule has 78 valence electrons. The zero-order valence-corrected chi connectivity index (χ0v) is 8.70. The smallest absolute Gasteiger partial charge is 0.336 e. The summed E-state index contributed by atoms with van der Waals surface area (Å²) in [5.74, 6) is -0.876. The fourth-order valence-corrected chi connectivity index (χ4v) is 1.98. The van der Waals surface area contributed by atoms with Crippen LogP contribution < -0.4 is 5.43 Å². The molecule has 2 N–H and O–H groups in total. The van der Waals surface area contributed by atoms with Crippen LogP contribution in [0.4, 0.5) is 0 Å². The first kappa shape index (κ1) is 9.79. The van der Waals surface area contributed by atoms with Crippen molar-refractivity contribution in [3.05, 3.63) is 46.4 Å². The van der Waals surface area contributed by atoms with E-state index in [1.54, 1.807) is 11.4 Å². The Hall–Kier alpha value is -1.75. The first-order valence-electron chi connectivity index (χ1n) is 4.43. The van der Waals surface area contributed by atoms with Gasteiger partial charge in [-0.3, -0.25) is 4.68 Å². The summed E-state index contributed by atoms with van der Waals surface area (Å²) in [6, 6.07) is 5.53. The maximum atomic E-state index is 10.6. The minimum Gasteiger partial charge on any atom is -0.478 e. The van der Waals surface area contributed by atoms with Crippen LogP contribution in [0.15, 0.2) is 36.0 Å². The lowest BCUT2D eigenvalue weighted by Gasteiger charge is -2.04. The Morgan fingerprint density at radius 2 is 2.20 bits per heavy atom. The highest BCUT2D eigenvalue weighted by atomic mass is 32.1. The molecule has 0 unspecified atom stereocenters. The summed E-state index contributed by atoms with van der Waals surface area (Å²) >= 11 is 1.44. The third-order valence-corrected chi connectivity index (χ3v) is 2.88. The van der Waals surface area contributed by atoms with Gasteiger partial charge in [0.25, 0.3) is 0 Å². The molecule has 0 atom stereocenters. The molecule has 0 amide bonds. The van der Waals surface area contributed by atoms with Crippen LogP contribution in [0.5, 0.6) is 0 Å². The Labute approximate surface area is 90.8 Å². The number of aromatic nitrogens is 1. The third-order valence-electron chi connectivity index (χ3n) is 1.94.